The van der Waals surface area contributed by atoms with Gasteiger partial charge in [0.2, 0.25) is 5.95 Å². The van der Waals surface area contributed by atoms with Gasteiger partial charge in [-0.1, -0.05) is 48.5 Å². The van der Waals surface area contributed by atoms with Crippen molar-refractivity contribution in [1.29, 1.82) is 0 Å². The first-order valence-electron chi connectivity index (χ1n) is 8.81. The number of hydrogen-bond donors (Lipinski definition) is 3. The highest BCUT2D eigenvalue weighted by Gasteiger charge is 2.20. The summed E-state index contributed by atoms with van der Waals surface area (Å²) in [6.45, 7) is 1.80. The molecular formula is C20H19N7O. The van der Waals surface area contributed by atoms with E-state index in [-0.39, 0.29) is 11.9 Å². The topological polar surface area (TPSA) is 115 Å². The third-order valence-electron chi connectivity index (χ3n) is 4.29. The van der Waals surface area contributed by atoms with Gasteiger partial charge in [-0.15, -0.1) is 5.10 Å². The van der Waals surface area contributed by atoms with Crippen LogP contribution in [-0.4, -0.2) is 30.9 Å². The predicted molar refractivity (Wildman–Crippen MR) is 106 cm³/mol. The fourth-order valence-corrected chi connectivity index (χ4v) is 2.88. The highest BCUT2D eigenvalue weighted by molar-refractivity contribution is 5.94. The molecule has 0 fully saturated rings. The van der Waals surface area contributed by atoms with E-state index in [1.54, 1.807) is 17.7 Å². The Morgan fingerprint density at radius 3 is 2.43 bits per heavy atom. The lowest BCUT2D eigenvalue weighted by molar-refractivity contribution is 0.0930. The van der Waals surface area contributed by atoms with Crippen LogP contribution in [0.2, 0.25) is 0 Å². The van der Waals surface area contributed by atoms with Gasteiger partial charge in [-0.05, 0) is 25.1 Å². The van der Waals surface area contributed by atoms with E-state index < -0.39 is 6.04 Å². The number of aromatic nitrogens is 5. The minimum atomic E-state index is -0.392. The molecule has 140 valence electrons. The maximum absolute atomic E-state index is 13.0. The Kier molecular flexibility index (Phi) is 4.59. The van der Waals surface area contributed by atoms with E-state index in [0.717, 1.165) is 11.3 Å². The molecule has 1 amide bonds. The third kappa shape index (κ3) is 3.48. The van der Waals surface area contributed by atoms with Gasteiger partial charge < -0.3 is 11.1 Å². The van der Waals surface area contributed by atoms with Crippen molar-refractivity contribution in [2.24, 2.45) is 0 Å². The van der Waals surface area contributed by atoms with Crippen LogP contribution in [0, 0.1) is 0 Å². The number of nitrogen functional groups attached to an aromatic ring is 1. The molecule has 8 heteroatoms. The van der Waals surface area contributed by atoms with Crippen LogP contribution in [0.3, 0.4) is 0 Å². The number of hydrogen-bond acceptors (Lipinski definition) is 5. The zero-order valence-electron chi connectivity index (χ0n) is 15.2. The summed E-state index contributed by atoms with van der Waals surface area (Å²) in [5.74, 6) is 0.345. The standard InChI is InChI=1S/C20H19N7O/c1-13(18-23-20(21)25-24-18)22-19(28)17-12-16(14-8-4-2-5-9-14)26-27(17)15-10-6-3-7-11-15/h2-13H,1H3,(H,22,28)(H3,21,23,24,25)/t13-/m1/s1. The maximum atomic E-state index is 13.0. The number of nitrogens with one attached hydrogen (secondary N) is 2. The lowest BCUT2D eigenvalue weighted by Gasteiger charge is -2.12. The number of benzene rings is 2. The van der Waals surface area contributed by atoms with Gasteiger partial charge in [0, 0.05) is 5.56 Å². The molecular weight excluding hydrogens is 354 g/mol. The van der Waals surface area contributed by atoms with Crippen molar-refractivity contribution in [2.75, 3.05) is 5.73 Å². The second kappa shape index (κ2) is 7.36. The molecule has 0 aliphatic carbocycles. The SMILES string of the molecule is C[C@@H](NC(=O)c1cc(-c2ccccc2)nn1-c1ccccc1)c1nc(N)n[nH]1. The highest BCUT2D eigenvalue weighted by atomic mass is 16.2. The van der Waals surface area contributed by atoms with Crippen molar-refractivity contribution >= 4 is 11.9 Å². The summed E-state index contributed by atoms with van der Waals surface area (Å²) in [6.07, 6.45) is 0. The predicted octanol–water partition coefficient (Wildman–Crippen LogP) is 2.73. The molecule has 0 aliphatic rings. The summed E-state index contributed by atoms with van der Waals surface area (Å²) in [5, 5.41) is 14.1. The third-order valence-corrected chi connectivity index (χ3v) is 4.29. The van der Waals surface area contributed by atoms with Crippen LogP contribution in [0.1, 0.15) is 29.3 Å². The molecule has 0 radical (unpaired) electrons. The number of anilines is 1. The van der Waals surface area contributed by atoms with Crippen LogP contribution in [-0.2, 0) is 0 Å². The molecule has 0 spiro atoms. The summed E-state index contributed by atoms with van der Waals surface area (Å²) < 4.78 is 1.64. The van der Waals surface area contributed by atoms with Crippen LogP contribution >= 0.6 is 0 Å². The number of amides is 1. The molecule has 4 aromatic rings. The highest BCUT2D eigenvalue weighted by Crippen LogP contribution is 2.22. The Labute approximate surface area is 161 Å². The molecule has 1 atom stereocenters. The Hall–Kier alpha value is -3.94. The number of rotatable bonds is 5. The number of nitrogens with zero attached hydrogens (tertiary/aromatic N) is 4. The summed E-state index contributed by atoms with van der Waals surface area (Å²) in [6, 6.07) is 20.6. The van der Waals surface area contributed by atoms with E-state index in [9.17, 15) is 4.79 Å². The lowest BCUT2D eigenvalue weighted by atomic mass is 10.1. The van der Waals surface area contributed by atoms with Crippen LogP contribution in [0.25, 0.3) is 16.9 Å². The number of aromatic amines is 1. The van der Waals surface area contributed by atoms with Crippen LogP contribution in [0.15, 0.2) is 66.7 Å². The summed E-state index contributed by atoms with van der Waals surface area (Å²) >= 11 is 0. The average Bonchev–Trinajstić information content (AvgIpc) is 3.36. The Morgan fingerprint density at radius 1 is 1.11 bits per heavy atom. The van der Waals surface area contributed by atoms with Crippen LogP contribution in [0.4, 0.5) is 5.95 Å². The van der Waals surface area contributed by atoms with E-state index in [1.807, 2.05) is 60.7 Å². The molecule has 0 saturated carbocycles. The van der Waals surface area contributed by atoms with Gasteiger partial charge in [0.25, 0.3) is 5.91 Å². The van der Waals surface area contributed by atoms with E-state index in [4.69, 9.17) is 5.73 Å². The number of para-hydroxylation sites is 1. The lowest BCUT2D eigenvalue weighted by Crippen LogP contribution is -2.29. The second-order valence-corrected chi connectivity index (χ2v) is 6.30. The molecule has 0 unspecified atom stereocenters. The van der Waals surface area contributed by atoms with Crippen molar-refractivity contribution in [2.45, 2.75) is 13.0 Å². The van der Waals surface area contributed by atoms with Gasteiger partial charge in [0.15, 0.2) is 0 Å². The molecule has 8 nitrogen and oxygen atoms in total. The fraction of sp³-hybridized carbons (Fsp3) is 0.100. The summed E-state index contributed by atoms with van der Waals surface area (Å²) in [7, 11) is 0. The first-order valence-corrected chi connectivity index (χ1v) is 8.81. The Balaban J connectivity index is 1.70. The quantitative estimate of drug-likeness (QED) is 0.498. The van der Waals surface area contributed by atoms with Crippen molar-refractivity contribution in [3.05, 3.63) is 78.2 Å². The largest absolute Gasteiger partial charge is 0.367 e. The van der Waals surface area contributed by atoms with Crippen molar-refractivity contribution in [3.8, 4) is 16.9 Å². The molecule has 0 aliphatic heterocycles. The van der Waals surface area contributed by atoms with Crippen molar-refractivity contribution in [3.63, 3.8) is 0 Å². The minimum absolute atomic E-state index is 0.136. The van der Waals surface area contributed by atoms with Gasteiger partial charge in [-0.2, -0.15) is 10.1 Å². The smallest absolute Gasteiger partial charge is 0.270 e. The molecule has 2 aromatic heterocycles. The maximum Gasteiger partial charge on any atom is 0.270 e. The molecule has 0 bridgehead atoms. The average molecular weight is 373 g/mol. The van der Waals surface area contributed by atoms with Crippen LogP contribution < -0.4 is 11.1 Å². The zero-order valence-corrected chi connectivity index (χ0v) is 15.2. The van der Waals surface area contributed by atoms with Gasteiger partial charge in [0.05, 0.1) is 17.4 Å². The first-order chi connectivity index (χ1) is 13.6. The second-order valence-electron chi connectivity index (χ2n) is 6.30. The zero-order chi connectivity index (χ0) is 19.5. The van der Waals surface area contributed by atoms with Crippen molar-refractivity contribution in [1.82, 2.24) is 30.3 Å². The number of carbonyl (C=O) groups is 1. The monoisotopic (exact) mass is 373 g/mol. The molecule has 4 rings (SSSR count). The molecule has 4 N–H and O–H groups in total. The molecule has 2 aromatic carbocycles. The van der Waals surface area contributed by atoms with Gasteiger partial charge in [-0.25, -0.2) is 4.68 Å². The van der Waals surface area contributed by atoms with E-state index in [1.165, 1.54) is 0 Å². The number of H-pyrrole nitrogens is 1. The number of nitrogens with two attached hydrogens (primary N) is 1. The first kappa shape index (κ1) is 17.5. The van der Waals surface area contributed by atoms with E-state index in [0.29, 0.717) is 17.2 Å². The Bertz CT molecular complexity index is 1090. The van der Waals surface area contributed by atoms with E-state index in [2.05, 4.69) is 25.6 Å². The van der Waals surface area contributed by atoms with Gasteiger partial charge in [-0.3, -0.25) is 9.89 Å². The van der Waals surface area contributed by atoms with E-state index >= 15 is 0 Å². The minimum Gasteiger partial charge on any atom is -0.367 e. The fourth-order valence-electron chi connectivity index (χ4n) is 2.88. The molecule has 2 heterocycles. The summed E-state index contributed by atoms with van der Waals surface area (Å²) in [5.41, 5.74) is 8.41. The normalized spacial score (nSPS) is 11.9. The van der Waals surface area contributed by atoms with Crippen molar-refractivity contribution < 1.29 is 4.79 Å². The van der Waals surface area contributed by atoms with Gasteiger partial charge in [0.1, 0.15) is 11.5 Å². The van der Waals surface area contributed by atoms with Crippen LogP contribution in [0.5, 0.6) is 0 Å². The van der Waals surface area contributed by atoms with Gasteiger partial charge >= 0.3 is 0 Å². The Morgan fingerprint density at radius 2 is 1.79 bits per heavy atom. The molecule has 28 heavy (non-hydrogen) atoms. The number of carbonyl (C=O) groups excluding carboxylic acids is 1. The molecule has 0 saturated heterocycles. The summed E-state index contributed by atoms with van der Waals surface area (Å²) in [4.78, 5) is 17.1.